The average molecular weight is 223 g/mol. The summed E-state index contributed by atoms with van der Waals surface area (Å²) in [6.07, 6.45) is 3.03. The highest BCUT2D eigenvalue weighted by atomic mass is 15.3. The smallest absolute Gasteiger partial charge is 0.0524 e. The molecule has 0 amide bonds. The van der Waals surface area contributed by atoms with Crippen LogP contribution in [0, 0.1) is 12.3 Å². The van der Waals surface area contributed by atoms with E-state index >= 15 is 0 Å². The Bertz CT molecular complexity index is 333. The van der Waals surface area contributed by atoms with Gasteiger partial charge < -0.3 is 5.32 Å². The SMILES string of the molecule is Cc1c(CCNC(C)C(C)(C)C)cnn1C. The van der Waals surface area contributed by atoms with Crippen LogP contribution in [-0.4, -0.2) is 22.4 Å². The van der Waals surface area contributed by atoms with Crippen LogP contribution in [-0.2, 0) is 13.5 Å². The Morgan fingerprint density at radius 3 is 2.50 bits per heavy atom. The minimum atomic E-state index is 0.323. The molecule has 16 heavy (non-hydrogen) atoms. The second-order valence-corrected chi connectivity index (χ2v) is 5.67. The van der Waals surface area contributed by atoms with Gasteiger partial charge in [-0.3, -0.25) is 4.68 Å². The van der Waals surface area contributed by atoms with E-state index in [2.05, 4.69) is 45.0 Å². The molecule has 1 heterocycles. The van der Waals surface area contributed by atoms with Crippen molar-refractivity contribution in [2.45, 2.75) is 47.1 Å². The summed E-state index contributed by atoms with van der Waals surface area (Å²) in [6, 6.07) is 0.532. The van der Waals surface area contributed by atoms with E-state index < -0.39 is 0 Å². The van der Waals surface area contributed by atoms with Crippen LogP contribution in [0.4, 0.5) is 0 Å². The molecular formula is C13H25N3. The average Bonchev–Trinajstić information content (AvgIpc) is 2.48. The lowest BCUT2D eigenvalue weighted by Gasteiger charge is -2.28. The summed E-state index contributed by atoms with van der Waals surface area (Å²) >= 11 is 0. The Kier molecular flexibility index (Phi) is 4.14. The van der Waals surface area contributed by atoms with Crippen LogP contribution in [0.3, 0.4) is 0 Å². The van der Waals surface area contributed by atoms with Crippen molar-refractivity contribution in [2.24, 2.45) is 12.5 Å². The van der Waals surface area contributed by atoms with Crippen LogP contribution in [0.15, 0.2) is 6.20 Å². The molecule has 0 aliphatic heterocycles. The van der Waals surface area contributed by atoms with Crippen LogP contribution >= 0.6 is 0 Å². The minimum absolute atomic E-state index is 0.323. The molecule has 0 radical (unpaired) electrons. The van der Waals surface area contributed by atoms with Gasteiger partial charge in [0.1, 0.15) is 0 Å². The predicted molar refractivity (Wildman–Crippen MR) is 68.6 cm³/mol. The number of aryl methyl sites for hydroxylation is 1. The molecule has 0 fully saturated rings. The van der Waals surface area contributed by atoms with Gasteiger partial charge in [-0.1, -0.05) is 20.8 Å². The van der Waals surface area contributed by atoms with Crippen LogP contribution in [0.2, 0.25) is 0 Å². The van der Waals surface area contributed by atoms with E-state index in [1.54, 1.807) is 0 Å². The van der Waals surface area contributed by atoms with Crippen molar-refractivity contribution >= 4 is 0 Å². The molecular weight excluding hydrogens is 198 g/mol. The zero-order valence-corrected chi connectivity index (χ0v) is 11.5. The van der Waals surface area contributed by atoms with E-state index in [1.165, 1.54) is 11.3 Å². The Hall–Kier alpha value is -0.830. The van der Waals surface area contributed by atoms with Gasteiger partial charge in [-0.25, -0.2) is 0 Å². The summed E-state index contributed by atoms with van der Waals surface area (Å²) in [5.74, 6) is 0. The molecule has 1 N–H and O–H groups in total. The van der Waals surface area contributed by atoms with Crippen molar-refractivity contribution in [1.29, 1.82) is 0 Å². The van der Waals surface area contributed by atoms with E-state index in [9.17, 15) is 0 Å². The van der Waals surface area contributed by atoms with E-state index in [0.717, 1.165) is 13.0 Å². The molecule has 1 aromatic heterocycles. The molecule has 1 unspecified atom stereocenters. The molecule has 1 aromatic rings. The van der Waals surface area contributed by atoms with E-state index in [4.69, 9.17) is 0 Å². The molecule has 0 aliphatic rings. The molecule has 1 rings (SSSR count). The fourth-order valence-electron chi connectivity index (χ4n) is 1.52. The topological polar surface area (TPSA) is 29.9 Å². The second kappa shape index (κ2) is 5.00. The third-order valence-corrected chi connectivity index (χ3v) is 3.48. The molecule has 3 nitrogen and oxygen atoms in total. The fourth-order valence-corrected chi connectivity index (χ4v) is 1.52. The van der Waals surface area contributed by atoms with Crippen LogP contribution in [0.5, 0.6) is 0 Å². The Morgan fingerprint density at radius 1 is 1.44 bits per heavy atom. The first-order chi connectivity index (χ1) is 7.32. The van der Waals surface area contributed by atoms with E-state index in [0.29, 0.717) is 11.5 Å². The highest BCUT2D eigenvalue weighted by molar-refractivity contribution is 5.16. The number of hydrogen-bond donors (Lipinski definition) is 1. The molecule has 0 bridgehead atoms. The summed E-state index contributed by atoms with van der Waals surface area (Å²) in [6.45, 7) is 12.2. The zero-order valence-electron chi connectivity index (χ0n) is 11.5. The first kappa shape index (κ1) is 13.2. The summed E-state index contributed by atoms with van der Waals surface area (Å²) in [5, 5.41) is 7.82. The second-order valence-electron chi connectivity index (χ2n) is 5.67. The standard InChI is InChI=1S/C13H25N3/c1-10-12(9-15-16(10)6)7-8-14-11(2)13(3,4)5/h9,11,14H,7-8H2,1-6H3. The normalized spacial score (nSPS) is 14.1. The molecule has 0 aromatic carbocycles. The monoisotopic (exact) mass is 223 g/mol. The third-order valence-electron chi connectivity index (χ3n) is 3.48. The summed E-state index contributed by atoms with van der Waals surface area (Å²) in [4.78, 5) is 0. The van der Waals surface area contributed by atoms with Gasteiger partial charge in [-0.2, -0.15) is 5.10 Å². The van der Waals surface area contributed by atoms with Crippen LogP contribution < -0.4 is 5.32 Å². The third kappa shape index (κ3) is 3.34. The zero-order chi connectivity index (χ0) is 12.3. The highest BCUT2D eigenvalue weighted by Crippen LogP contribution is 2.18. The minimum Gasteiger partial charge on any atom is -0.313 e. The Morgan fingerprint density at radius 2 is 2.06 bits per heavy atom. The van der Waals surface area contributed by atoms with Crippen molar-refractivity contribution in [3.63, 3.8) is 0 Å². The first-order valence-corrected chi connectivity index (χ1v) is 6.03. The lowest BCUT2D eigenvalue weighted by Crippen LogP contribution is -2.38. The summed E-state index contributed by atoms with van der Waals surface area (Å²) in [7, 11) is 1.99. The first-order valence-electron chi connectivity index (χ1n) is 6.03. The predicted octanol–water partition coefficient (Wildman–Crippen LogP) is 2.30. The lowest BCUT2D eigenvalue weighted by molar-refractivity contribution is 0.288. The van der Waals surface area contributed by atoms with Crippen molar-refractivity contribution in [3.05, 3.63) is 17.5 Å². The number of rotatable bonds is 4. The quantitative estimate of drug-likeness (QED) is 0.849. The van der Waals surface area contributed by atoms with E-state index in [-0.39, 0.29) is 0 Å². The molecule has 0 saturated heterocycles. The van der Waals surface area contributed by atoms with Gasteiger partial charge in [-0.05, 0) is 37.8 Å². The van der Waals surface area contributed by atoms with Crippen molar-refractivity contribution in [3.8, 4) is 0 Å². The number of nitrogens with one attached hydrogen (secondary N) is 1. The van der Waals surface area contributed by atoms with Gasteiger partial charge in [0.15, 0.2) is 0 Å². The molecule has 0 spiro atoms. The van der Waals surface area contributed by atoms with Crippen molar-refractivity contribution < 1.29 is 0 Å². The number of nitrogens with zero attached hydrogens (tertiary/aromatic N) is 2. The van der Waals surface area contributed by atoms with Gasteiger partial charge >= 0.3 is 0 Å². The highest BCUT2D eigenvalue weighted by Gasteiger charge is 2.18. The van der Waals surface area contributed by atoms with Gasteiger partial charge in [0.05, 0.1) is 6.20 Å². The van der Waals surface area contributed by atoms with Crippen LogP contribution in [0.25, 0.3) is 0 Å². The molecule has 3 heteroatoms. The van der Waals surface area contributed by atoms with Gasteiger partial charge in [0.25, 0.3) is 0 Å². The van der Waals surface area contributed by atoms with Crippen LogP contribution in [0.1, 0.15) is 39.0 Å². The maximum Gasteiger partial charge on any atom is 0.0524 e. The molecule has 92 valence electrons. The fraction of sp³-hybridized carbons (Fsp3) is 0.769. The van der Waals surface area contributed by atoms with Crippen molar-refractivity contribution in [2.75, 3.05) is 6.54 Å². The summed E-state index contributed by atoms with van der Waals surface area (Å²) < 4.78 is 1.93. The van der Waals surface area contributed by atoms with Crippen molar-refractivity contribution in [1.82, 2.24) is 15.1 Å². The number of hydrogen-bond acceptors (Lipinski definition) is 2. The largest absolute Gasteiger partial charge is 0.313 e. The Balaban J connectivity index is 2.39. The maximum absolute atomic E-state index is 4.25. The Labute approximate surface area is 99.2 Å². The molecule has 1 atom stereocenters. The van der Waals surface area contributed by atoms with Gasteiger partial charge in [-0.15, -0.1) is 0 Å². The van der Waals surface area contributed by atoms with E-state index in [1.807, 2.05) is 17.9 Å². The summed E-state index contributed by atoms with van der Waals surface area (Å²) in [5.41, 5.74) is 2.94. The lowest BCUT2D eigenvalue weighted by atomic mass is 9.88. The van der Waals surface area contributed by atoms with Gasteiger partial charge in [0.2, 0.25) is 0 Å². The molecule has 0 saturated carbocycles. The number of aromatic nitrogens is 2. The molecule has 0 aliphatic carbocycles. The van der Waals surface area contributed by atoms with Gasteiger partial charge in [0, 0.05) is 18.8 Å². The maximum atomic E-state index is 4.25.